The van der Waals surface area contributed by atoms with Crippen LogP contribution in [0.3, 0.4) is 0 Å². The summed E-state index contributed by atoms with van der Waals surface area (Å²) in [5.74, 6) is 0. The number of hydrogen-bond donors (Lipinski definition) is 0. The van der Waals surface area contributed by atoms with Crippen molar-refractivity contribution in [3.05, 3.63) is 0 Å². The fourth-order valence-electron chi connectivity index (χ4n) is 0. The van der Waals surface area contributed by atoms with Crippen LogP contribution in [0.1, 0.15) is 0 Å². The van der Waals surface area contributed by atoms with Gasteiger partial charge in [-0.05, 0) is 0 Å². The van der Waals surface area contributed by atoms with Crippen LogP contribution >= 0.6 is 0 Å². The van der Waals surface area contributed by atoms with Gasteiger partial charge in [0.05, 0.1) is 0 Å². The minimum atomic E-state index is 0. The second kappa shape index (κ2) is 32.1. The van der Waals surface area contributed by atoms with Gasteiger partial charge in [-0.25, -0.2) is 0 Å². The molecular formula is FeKMnNaNbTi. The maximum atomic E-state index is 0. The topological polar surface area (TPSA) is 0 Å². The van der Waals surface area contributed by atoms with E-state index in [1.807, 2.05) is 0 Å². The molecule has 4 radical (unpaired) electrons. The van der Waals surface area contributed by atoms with Crippen molar-refractivity contribution >= 4 is 80.9 Å². The molecule has 0 bridgehead atoms. The van der Waals surface area contributed by atoms with Gasteiger partial charge in [0.2, 0.25) is 0 Å². The molecule has 6 heteroatoms. The molecule has 0 saturated heterocycles. The van der Waals surface area contributed by atoms with Crippen molar-refractivity contribution < 1.29 is 78.2 Å². The van der Waals surface area contributed by atoms with Crippen molar-refractivity contribution in [3.8, 4) is 0 Å². The summed E-state index contributed by atoms with van der Waals surface area (Å²) in [6, 6.07) is 0. The second-order valence-electron chi connectivity index (χ2n) is 0. The van der Waals surface area contributed by atoms with E-state index in [-0.39, 0.29) is 159 Å². The zero-order chi connectivity index (χ0) is 0. The molecule has 0 aromatic rings. The third-order valence-electron chi connectivity index (χ3n) is 0. The second-order valence-corrected chi connectivity index (χ2v) is 0. The Morgan fingerprint density at radius 3 is 1.00 bits per heavy atom. The van der Waals surface area contributed by atoms with Gasteiger partial charge in [0.25, 0.3) is 0 Å². The summed E-state index contributed by atoms with van der Waals surface area (Å²) in [6.07, 6.45) is 0. The average molecular weight is 314 g/mol. The minimum Gasteiger partial charge on any atom is 0 e. The van der Waals surface area contributed by atoms with E-state index in [1.54, 1.807) is 0 Å². The van der Waals surface area contributed by atoms with E-state index in [2.05, 4.69) is 0 Å². The van der Waals surface area contributed by atoms with Gasteiger partial charge < -0.3 is 0 Å². The minimum absolute atomic E-state index is 0. The first-order valence-corrected chi connectivity index (χ1v) is 0. The van der Waals surface area contributed by atoms with Crippen molar-refractivity contribution in [3.63, 3.8) is 0 Å². The third-order valence-corrected chi connectivity index (χ3v) is 0. The van der Waals surface area contributed by atoms with Crippen LogP contribution in [0.15, 0.2) is 0 Å². The first-order chi connectivity index (χ1) is 0. The molecule has 0 amide bonds. The molecule has 0 aromatic heterocycles. The van der Waals surface area contributed by atoms with Crippen LogP contribution in [0.4, 0.5) is 0 Å². The van der Waals surface area contributed by atoms with E-state index in [9.17, 15) is 0 Å². The maximum absolute atomic E-state index is 0. The van der Waals surface area contributed by atoms with E-state index in [0.29, 0.717) is 0 Å². The van der Waals surface area contributed by atoms with Gasteiger partial charge in [0.1, 0.15) is 0 Å². The molecule has 0 aliphatic rings. The molecule has 0 aliphatic heterocycles. The van der Waals surface area contributed by atoms with Crippen molar-refractivity contribution in [1.82, 2.24) is 0 Å². The molecule has 0 unspecified atom stereocenters. The predicted molar refractivity (Wildman–Crippen MR) is 11.5 cm³/mol. The Kier molecular flexibility index (Phi) is 232. The molecule has 0 nitrogen and oxygen atoms in total. The van der Waals surface area contributed by atoms with Gasteiger partial charge in [-0.2, -0.15) is 0 Å². The maximum Gasteiger partial charge on any atom is 0 e. The van der Waals surface area contributed by atoms with Crippen LogP contribution in [0.25, 0.3) is 0 Å². The van der Waals surface area contributed by atoms with Gasteiger partial charge in [-0.1, -0.05) is 0 Å². The molecule has 0 fully saturated rings. The molecule has 0 rings (SSSR count). The van der Waals surface area contributed by atoms with Crippen LogP contribution in [-0.2, 0) is 78.2 Å². The Labute approximate surface area is 155 Å². The summed E-state index contributed by atoms with van der Waals surface area (Å²) >= 11 is 0. The van der Waals surface area contributed by atoms with Crippen molar-refractivity contribution in [1.29, 1.82) is 0 Å². The van der Waals surface area contributed by atoms with Gasteiger partial charge in [-0.3, -0.25) is 0 Å². The fraction of sp³-hybridized carbons (Fsp3) is 0. The summed E-state index contributed by atoms with van der Waals surface area (Å²) in [4.78, 5) is 0. The standard InChI is InChI=1S/Fe.K.Mn.Na.Nb.Ti. The zero-order valence-corrected chi connectivity index (χ0v) is 14.8. The molecule has 0 spiro atoms. The largest absolute Gasteiger partial charge is 0 e. The summed E-state index contributed by atoms with van der Waals surface area (Å²) in [7, 11) is 0. The van der Waals surface area contributed by atoms with E-state index >= 15 is 0 Å². The van der Waals surface area contributed by atoms with Crippen molar-refractivity contribution in [2.24, 2.45) is 0 Å². The summed E-state index contributed by atoms with van der Waals surface area (Å²) in [6.45, 7) is 0. The van der Waals surface area contributed by atoms with Crippen LogP contribution in [-0.4, -0.2) is 80.9 Å². The Hall–Kier alpha value is 5.13. The van der Waals surface area contributed by atoms with Gasteiger partial charge in [0, 0.05) is 159 Å². The smallest absolute Gasteiger partial charge is 0 e. The Morgan fingerprint density at radius 2 is 1.00 bits per heavy atom. The van der Waals surface area contributed by atoms with Gasteiger partial charge in [0.15, 0.2) is 0 Å². The molecule has 0 saturated carbocycles. The van der Waals surface area contributed by atoms with Crippen LogP contribution in [0.5, 0.6) is 0 Å². The molecule has 0 atom stereocenters. The fourth-order valence-corrected chi connectivity index (χ4v) is 0. The molecule has 0 N–H and O–H groups in total. The molecule has 0 aromatic carbocycles. The summed E-state index contributed by atoms with van der Waals surface area (Å²) in [5, 5.41) is 0. The van der Waals surface area contributed by atoms with Crippen molar-refractivity contribution in [2.75, 3.05) is 0 Å². The van der Waals surface area contributed by atoms with Crippen LogP contribution < -0.4 is 0 Å². The summed E-state index contributed by atoms with van der Waals surface area (Å²) in [5.41, 5.74) is 0. The predicted octanol–water partition coefficient (Wildman–Crippen LogP) is -0.772. The number of rotatable bonds is 0. The van der Waals surface area contributed by atoms with Crippen LogP contribution in [0.2, 0.25) is 0 Å². The van der Waals surface area contributed by atoms with Crippen molar-refractivity contribution in [2.45, 2.75) is 0 Å². The van der Waals surface area contributed by atoms with E-state index in [0.717, 1.165) is 0 Å². The Balaban J connectivity index is 0. The van der Waals surface area contributed by atoms with Gasteiger partial charge in [-0.15, -0.1) is 0 Å². The summed E-state index contributed by atoms with van der Waals surface area (Å²) < 4.78 is 0. The van der Waals surface area contributed by atoms with Crippen LogP contribution in [0, 0.1) is 0 Å². The normalized spacial score (nSPS) is 0. The SMILES string of the molecule is [Fe].[K].[Mn].[Na].[Nb].[Ti]. The Morgan fingerprint density at radius 1 is 1.00 bits per heavy atom. The molecule has 0 aliphatic carbocycles. The molecule has 26 valence electrons. The molecule has 0 heterocycles. The first kappa shape index (κ1) is 43.4. The van der Waals surface area contributed by atoms with E-state index < -0.39 is 0 Å². The molecule has 6 heavy (non-hydrogen) atoms. The average Bonchev–Trinajstić information content (AvgIpc) is 0. The third kappa shape index (κ3) is 22.9. The zero-order valence-electron chi connectivity index (χ0n) is 3.68. The molecular weight excluding hydrogens is 314 g/mol. The van der Waals surface area contributed by atoms with Gasteiger partial charge >= 0.3 is 0 Å². The first-order valence-electron chi connectivity index (χ1n) is 0. The quantitative estimate of drug-likeness (QED) is 0.515. The number of hydrogen-bond acceptors (Lipinski definition) is 0. The monoisotopic (exact) mass is 314 g/mol. The van der Waals surface area contributed by atoms with E-state index in [4.69, 9.17) is 0 Å². The Bertz CT molecular complexity index is 15.5. The van der Waals surface area contributed by atoms with E-state index in [1.165, 1.54) is 0 Å².